The predicted octanol–water partition coefficient (Wildman–Crippen LogP) is 5.25. The van der Waals surface area contributed by atoms with Crippen LogP contribution in [0.2, 0.25) is 0 Å². The number of aromatic amines is 1. The van der Waals surface area contributed by atoms with Crippen LogP contribution in [0.25, 0.3) is 27.9 Å². The maximum absolute atomic E-state index is 12.0. The number of piperidine rings is 1. The molecule has 1 fully saturated rings. The van der Waals surface area contributed by atoms with Crippen LogP contribution in [0.3, 0.4) is 0 Å². The number of aromatic hydroxyl groups is 1. The van der Waals surface area contributed by atoms with E-state index in [0.717, 1.165) is 61.3 Å². The van der Waals surface area contributed by atoms with E-state index in [2.05, 4.69) is 36.1 Å². The van der Waals surface area contributed by atoms with Crippen LogP contribution in [0.15, 0.2) is 55.0 Å². The smallest absolute Gasteiger partial charge is 0.309 e. The van der Waals surface area contributed by atoms with E-state index in [9.17, 15) is 9.90 Å². The van der Waals surface area contributed by atoms with E-state index >= 15 is 0 Å². The van der Waals surface area contributed by atoms with Gasteiger partial charge >= 0.3 is 5.97 Å². The fraction of sp³-hybridized carbons (Fsp3) is 0.367. The van der Waals surface area contributed by atoms with Crippen LogP contribution in [0.1, 0.15) is 56.1 Å². The number of H-pyrrole nitrogens is 1. The van der Waals surface area contributed by atoms with Gasteiger partial charge in [0.1, 0.15) is 5.75 Å². The molecule has 1 aliphatic carbocycles. The molecule has 0 unspecified atom stereocenters. The molecule has 0 saturated carbocycles. The second-order valence-corrected chi connectivity index (χ2v) is 10.2. The van der Waals surface area contributed by atoms with Crippen molar-refractivity contribution in [3.8, 4) is 17.0 Å². The van der Waals surface area contributed by atoms with Crippen molar-refractivity contribution in [3.05, 3.63) is 66.1 Å². The highest BCUT2D eigenvalue weighted by molar-refractivity contribution is 5.84. The van der Waals surface area contributed by atoms with Gasteiger partial charge in [-0.2, -0.15) is 0 Å². The van der Waals surface area contributed by atoms with Gasteiger partial charge in [0.2, 0.25) is 5.95 Å². The molecule has 0 bridgehead atoms. The Bertz CT molecular complexity index is 1500. The number of allylic oxidation sites excluding steroid dienone is 2. The maximum Gasteiger partial charge on any atom is 0.309 e. The lowest BCUT2D eigenvalue weighted by Crippen LogP contribution is -2.34. The third-order valence-electron chi connectivity index (χ3n) is 7.91. The molecule has 0 amide bonds. The number of hydrogen-bond acceptors (Lipinski definition) is 8. The van der Waals surface area contributed by atoms with Crippen molar-refractivity contribution in [2.45, 2.75) is 44.9 Å². The first-order valence-electron chi connectivity index (χ1n) is 13.7. The van der Waals surface area contributed by atoms with Gasteiger partial charge in [-0.3, -0.25) is 4.79 Å². The van der Waals surface area contributed by atoms with Crippen LogP contribution in [-0.2, 0) is 9.53 Å². The molecule has 6 rings (SSSR count). The van der Waals surface area contributed by atoms with Gasteiger partial charge in [-0.05, 0) is 74.3 Å². The van der Waals surface area contributed by atoms with Crippen LogP contribution in [0.5, 0.6) is 5.75 Å². The fourth-order valence-electron chi connectivity index (χ4n) is 5.71. The van der Waals surface area contributed by atoms with Gasteiger partial charge in [-0.25, -0.2) is 9.97 Å². The summed E-state index contributed by atoms with van der Waals surface area (Å²) in [5, 5.41) is 20.0. The summed E-state index contributed by atoms with van der Waals surface area (Å²) in [6.07, 6.45) is 12.3. The normalized spacial score (nSPS) is 18.2. The zero-order valence-corrected chi connectivity index (χ0v) is 22.0. The van der Waals surface area contributed by atoms with Crippen LogP contribution in [0.4, 0.5) is 5.95 Å². The number of benzene rings is 1. The lowest BCUT2D eigenvalue weighted by atomic mass is 9.87. The molecule has 1 aliphatic heterocycles. The van der Waals surface area contributed by atoms with E-state index in [4.69, 9.17) is 4.74 Å². The Morgan fingerprint density at radius 3 is 2.64 bits per heavy atom. The molecule has 0 spiro atoms. The lowest BCUT2D eigenvalue weighted by molar-refractivity contribution is -0.148. The highest BCUT2D eigenvalue weighted by Crippen LogP contribution is 2.36. The number of phenols is 1. The minimum atomic E-state index is -0.0979. The number of esters is 1. The molecule has 0 radical (unpaired) electrons. The highest BCUT2D eigenvalue weighted by atomic mass is 16.5. The number of rotatable bonds is 6. The first kappa shape index (κ1) is 25.0. The van der Waals surface area contributed by atoms with Crippen molar-refractivity contribution < 1.29 is 14.6 Å². The zero-order chi connectivity index (χ0) is 26.8. The van der Waals surface area contributed by atoms with Crippen LogP contribution in [-0.4, -0.2) is 55.9 Å². The summed E-state index contributed by atoms with van der Waals surface area (Å²) in [5.74, 6) is 1.19. The lowest BCUT2D eigenvalue weighted by Gasteiger charge is -2.32. The van der Waals surface area contributed by atoms with Crippen molar-refractivity contribution in [3.63, 3.8) is 0 Å². The SMILES string of the molecule is CCOC(=O)[C@H]1CC=C(c2cnc(N3CCC(c4c[nH]c5nnc(-c6ccccc6O)cc45)CC3)nc2)CC1. The van der Waals surface area contributed by atoms with Gasteiger partial charge in [0, 0.05) is 48.2 Å². The van der Waals surface area contributed by atoms with Crippen LogP contribution in [0, 0.1) is 5.92 Å². The number of carbonyl (C=O) groups excluding carboxylic acids is 1. The van der Waals surface area contributed by atoms with Gasteiger partial charge in [0.25, 0.3) is 0 Å². The van der Waals surface area contributed by atoms with Gasteiger partial charge < -0.3 is 19.7 Å². The van der Waals surface area contributed by atoms with Crippen molar-refractivity contribution in [1.29, 1.82) is 0 Å². The van der Waals surface area contributed by atoms with Gasteiger partial charge in [-0.15, -0.1) is 10.2 Å². The molecular weight excluding hydrogens is 492 g/mol. The quantitative estimate of drug-likeness (QED) is 0.329. The second-order valence-electron chi connectivity index (χ2n) is 10.2. The summed E-state index contributed by atoms with van der Waals surface area (Å²) >= 11 is 0. The maximum atomic E-state index is 12.0. The van der Waals surface area contributed by atoms with Gasteiger partial charge in [-0.1, -0.05) is 18.2 Å². The molecule has 1 saturated heterocycles. The summed E-state index contributed by atoms with van der Waals surface area (Å²) in [7, 11) is 0. The number of fused-ring (bicyclic) bond motifs is 1. The van der Waals surface area contributed by atoms with E-state index in [1.807, 2.05) is 43.7 Å². The van der Waals surface area contributed by atoms with E-state index in [1.54, 1.807) is 12.1 Å². The monoisotopic (exact) mass is 524 g/mol. The Labute approximate surface area is 227 Å². The fourth-order valence-corrected chi connectivity index (χ4v) is 5.71. The number of nitrogens with zero attached hydrogens (tertiary/aromatic N) is 5. The van der Waals surface area contributed by atoms with E-state index in [-0.39, 0.29) is 17.6 Å². The minimum Gasteiger partial charge on any atom is -0.507 e. The summed E-state index contributed by atoms with van der Waals surface area (Å²) in [6, 6.07) is 9.22. The third-order valence-corrected chi connectivity index (χ3v) is 7.91. The minimum absolute atomic E-state index is 0.0449. The molecule has 4 aromatic rings. The predicted molar refractivity (Wildman–Crippen MR) is 149 cm³/mol. The zero-order valence-electron chi connectivity index (χ0n) is 22.0. The molecule has 3 aromatic heterocycles. The number of carbonyl (C=O) groups is 1. The van der Waals surface area contributed by atoms with E-state index < -0.39 is 0 Å². The number of para-hydroxylation sites is 1. The highest BCUT2D eigenvalue weighted by Gasteiger charge is 2.26. The molecule has 200 valence electrons. The molecular formula is C30H32N6O3. The molecule has 2 N–H and O–H groups in total. The Kier molecular flexibility index (Phi) is 6.96. The van der Waals surface area contributed by atoms with E-state index in [1.165, 1.54) is 11.1 Å². The van der Waals surface area contributed by atoms with Gasteiger partial charge in [0.15, 0.2) is 5.65 Å². The number of hydrogen-bond donors (Lipinski definition) is 2. The van der Waals surface area contributed by atoms with Crippen molar-refractivity contribution >= 4 is 28.5 Å². The summed E-state index contributed by atoms with van der Waals surface area (Å²) in [4.78, 5) is 26.9. The van der Waals surface area contributed by atoms with Crippen LogP contribution < -0.4 is 4.90 Å². The molecule has 2 aliphatic rings. The number of nitrogens with one attached hydrogen (secondary N) is 1. The Hall–Kier alpha value is -4.27. The number of anilines is 1. The topological polar surface area (TPSA) is 117 Å². The Balaban J connectivity index is 1.11. The molecule has 9 nitrogen and oxygen atoms in total. The van der Waals surface area contributed by atoms with Crippen molar-refractivity contribution in [1.82, 2.24) is 25.1 Å². The third kappa shape index (κ3) is 5.08. The summed E-state index contributed by atoms with van der Waals surface area (Å²) in [5.41, 5.74) is 5.56. The molecule has 4 heterocycles. The molecule has 1 atom stereocenters. The summed E-state index contributed by atoms with van der Waals surface area (Å²) in [6.45, 7) is 4.00. The molecule has 9 heteroatoms. The Morgan fingerprint density at radius 2 is 1.92 bits per heavy atom. The number of phenolic OH excluding ortho intramolecular Hbond substituents is 1. The largest absolute Gasteiger partial charge is 0.507 e. The molecule has 1 aromatic carbocycles. The summed E-state index contributed by atoms with van der Waals surface area (Å²) < 4.78 is 5.17. The standard InChI is InChI=1S/C30H32N6O3/c1-2-39-29(38)21-9-7-19(8-10-21)22-16-32-30(33-17-22)36-13-11-20(12-14-36)25-18-31-28-24(25)15-26(34-35-28)23-5-3-4-6-27(23)37/h3-7,15-18,20-21,37H,2,8-14H2,1H3,(H,31,35)/t21-/m0/s1. The van der Waals surface area contributed by atoms with Crippen LogP contribution >= 0.6 is 0 Å². The van der Waals surface area contributed by atoms with E-state index in [0.29, 0.717) is 30.2 Å². The van der Waals surface area contributed by atoms with Crippen molar-refractivity contribution in [2.24, 2.45) is 5.92 Å². The first-order chi connectivity index (χ1) is 19.1. The molecule has 39 heavy (non-hydrogen) atoms. The van der Waals surface area contributed by atoms with Gasteiger partial charge in [0.05, 0.1) is 18.2 Å². The average molecular weight is 525 g/mol. The second kappa shape index (κ2) is 10.8. The number of ether oxygens (including phenoxy) is 1. The first-order valence-corrected chi connectivity index (χ1v) is 13.7. The van der Waals surface area contributed by atoms with Crippen molar-refractivity contribution in [2.75, 3.05) is 24.6 Å². The number of aromatic nitrogens is 5. The Morgan fingerprint density at radius 1 is 1.13 bits per heavy atom. The average Bonchev–Trinajstić information content (AvgIpc) is 3.41.